The van der Waals surface area contributed by atoms with Gasteiger partial charge in [0, 0.05) is 18.3 Å². The van der Waals surface area contributed by atoms with Crippen LogP contribution in [0.15, 0.2) is 24.3 Å². The van der Waals surface area contributed by atoms with E-state index in [1.807, 2.05) is 6.08 Å². The monoisotopic (exact) mass is 257 g/mol. The fraction of sp³-hybridized carbons (Fsp3) is 0.471. The lowest BCUT2D eigenvalue weighted by Gasteiger charge is -2.45. The average Bonchev–Trinajstić information content (AvgIpc) is 2.33. The molecule has 1 heterocycles. The molecule has 1 aromatic rings. The van der Waals surface area contributed by atoms with Crippen molar-refractivity contribution < 1.29 is 4.79 Å². The van der Waals surface area contributed by atoms with Crippen molar-refractivity contribution in [3.8, 4) is 0 Å². The summed E-state index contributed by atoms with van der Waals surface area (Å²) in [7, 11) is 2.16. The first kappa shape index (κ1) is 13.9. The van der Waals surface area contributed by atoms with E-state index in [9.17, 15) is 4.79 Å². The molecule has 0 spiro atoms. The number of hydrogen-bond donors (Lipinski definition) is 0. The molecule has 0 N–H and O–H groups in total. The lowest BCUT2D eigenvalue weighted by Crippen LogP contribution is -2.45. The van der Waals surface area contributed by atoms with E-state index in [0.717, 1.165) is 12.0 Å². The number of carbonyl (C=O) groups is 1. The second kappa shape index (κ2) is 4.84. The second-order valence-corrected chi connectivity index (χ2v) is 6.24. The Morgan fingerprint density at radius 2 is 2.11 bits per heavy atom. The molecule has 2 rings (SSSR count). The maximum absolute atomic E-state index is 11.0. The minimum atomic E-state index is 0.0871. The molecule has 0 saturated heterocycles. The number of benzene rings is 1. The van der Waals surface area contributed by atoms with Gasteiger partial charge in [-0.1, -0.05) is 19.1 Å². The van der Waals surface area contributed by atoms with Crippen LogP contribution in [0, 0.1) is 0 Å². The summed E-state index contributed by atoms with van der Waals surface area (Å²) in [5.74, 6) is 0.635. The van der Waals surface area contributed by atoms with Gasteiger partial charge in [0.15, 0.2) is 5.78 Å². The van der Waals surface area contributed by atoms with E-state index in [0.29, 0.717) is 5.92 Å². The predicted octanol–water partition coefficient (Wildman–Crippen LogP) is 4.01. The first-order valence-electron chi connectivity index (χ1n) is 6.88. The summed E-state index contributed by atoms with van der Waals surface area (Å²) >= 11 is 0. The number of hydrogen-bond acceptors (Lipinski definition) is 2. The molecule has 1 aliphatic rings. The van der Waals surface area contributed by atoms with Gasteiger partial charge in [-0.05, 0) is 62.4 Å². The molecule has 1 atom stereocenters. The molecule has 0 aromatic heterocycles. The van der Waals surface area contributed by atoms with Gasteiger partial charge in [0.2, 0.25) is 0 Å². The van der Waals surface area contributed by atoms with Gasteiger partial charge >= 0.3 is 0 Å². The largest absolute Gasteiger partial charge is 0.369 e. The topological polar surface area (TPSA) is 20.3 Å². The first-order valence-corrected chi connectivity index (χ1v) is 6.88. The van der Waals surface area contributed by atoms with Gasteiger partial charge in [-0.3, -0.25) is 4.79 Å². The average molecular weight is 257 g/mol. The molecular formula is C17H23NO. The summed E-state index contributed by atoms with van der Waals surface area (Å²) in [6.07, 6.45) is 4.67. The number of nitrogens with zero attached hydrogens (tertiary/aromatic N) is 1. The number of ketones is 1. The van der Waals surface area contributed by atoms with Crippen molar-refractivity contribution in [2.45, 2.75) is 45.6 Å². The van der Waals surface area contributed by atoms with Crippen molar-refractivity contribution in [2.75, 3.05) is 11.9 Å². The summed E-state index contributed by atoms with van der Waals surface area (Å²) in [6.45, 7) is 8.44. The number of anilines is 1. The molecule has 0 saturated carbocycles. The number of allylic oxidation sites excluding steroid dienone is 1. The number of carbonyl (C=O) groups excluding carboxylic acids is 1. The van der Waals surface area contributed by atoms with Crippen molar-refractivity contribution >= 4 is 17.5 Å². The highest BCUT2D eigenvalue weighted by atomic mass is 16.1. The zero-order valence-electron chi connectivity index (χ0n) is 12.5. The van der Waals surface area contributed by atoms with Crippen LogP contribution in [0.25, 0.3) is 6.08 Å². The van der Waals surface area contributed by atoms with Crippen molar-refractivity contribution in [1.82, 2.24) is 0 Å². The molecule has 2 nitrogen and oxygen atoms in total. The minimum absolute atomic E-state index is 0.0871. The molecule has 0 fully saturated rings. The summed E-state index contributed by atoms with van der Waals surface area (Å²) in [4.78, 5) is 13.4. The predicted molar refractivity (Wildman–Crippen MR) is 81.7 cm³/mol. The Labute approximate surface area is 116 Å². The Morgan fingerprint density at radius 3 is 2.74 bits per heavy atom. The van der Waals surface area contributed by atoms with Crippen LogP contribution in [-0.2, 0) is 4.79 Å². The minimum Gasteiger partial charge on any atom is -0.369 e. The SMILES string of the molecule is CC(=O)/C=C/c1ccc2c(c1)[C@H](C)CC(C)(C)N2C. The van der Waals surface area contributed by atoms with Crippen LogP contribution in [0.3, 0.4) is 0 Å². The van der Waals surface area contributed by atoms with Crippen LogP contribution in [0.5, 0.6) is 0 Å². The zero-order chi connectivity index (χ0) is 14.2. The molecule has 19 heavy (non-hydrogen) atoms. The van der Waals surface area contributed by atoms with Gasteiger partial charge in [-0.25, -0.2) is 0 Å². The van der Waals surface area contributed by atoms with Crippen molar-refractivity contribution in [1.29, 1.82) is 0 Å². The number of fused-ring (bicyclic) bond motifs is 1. The summed E-state index contributed by atoms with van der Waals surface area (Å²) < 4.78 is 0. The molecule has 1 aliphatic heterocycles. The van der Waals surface area contributed by atoms with Gasteiger partial charge in [-0.2, -0.15) is 0 Å². The van der Waals surface area contributed by atoms with Crippen LogP contribution in [0.4, 0.5) is 5.69 Å². The van der Waals surface area contributed by atoms with Crippen molar-refractivity contribution in [2.24, 2.45) is 0 Å². The molecule has 102 valence electrons. The normalized spacial score (nSPS) is 21.5. The number of rotatable bonds is 2. The Kier molecular flexibility index (Phi) is 3.53. The van der Waals surface area contributed by atoms with E-state index in [-0.39, 0.29) is 11.3 Å². The Morgan fingerprint density at radius 1 is 1.42 bits per heavy atom. The molecule has 0 bridgehead atoms. The molecule has 0 amide bonds. The fourth-order valence-electron chi connectivity index (χ4n) is 2.91. The summed E-state index contributed by atoms with van der Waals surface area (Å²) in [5.41, 5.74) is 3.99. The summed E-state index contributed by atoms with van der Waals surface area (Å²) in [5, 5.41) is 0. The van der Waals surface area contributed by atoms with E-state index >= 15 is 0 Å². The zero-order valence-corrected chi connectivity index (χ0v) is 12.5. The van der Waals surface area contributed by atoms with E-state index in [2.05, 4.69) is 50.9 Å². The highest BCUT2D eigenvalue weighted by Crippen LogP contribution is 2.42. The Balaban J connectivity index is 2.41. The Bertz CT molecular complexity index is 528. The van der Waals surface area contributed by atoms with Crippen LogP contribution in [0.2, 0.25) is 0 Å². The summed E-state index contributed by atoms with van der Waals surface area (Å²) in [6, 6.07) is 6.47. The Hall–Kier alpha value is -1.57. The van der Waals surface area contributed by atoms with Crippen LogP contribution in [0.1, 0.15) is 51.2 Å². The van der Waals surface area contributed by atoms with Crippen LogP contribution < -0.4 is 4.90 Å². The maximum atomic E-state index is 11.0. The smallest absolute Gasteiger partial charge is 0.152 e. The molecule has 0 unspecified atom stereocenters. The highest BCUT2D eigenvalue weighted by Gasteiger charge is 2.33. The molecule has 0 aliphatic carbocycles. The lowest BCUT2D eigenvalue weighted by atomic mass is 9.80. The highest BCUT2D eigenvalue weighted by molar-refractivity contribution is 5.91. The van der Waals surface area contributed by atoms with E-state index in [1.54, 1.807) is 13.0 Å². The standard InChI is InChI=1S/C17H23NO/c1-12-11-17(3,4)18(5)16-9-8-14(10-15(12)16)7-6-13(2)19/h6-10,12H,11H2,1-5H3/b7-6+/t12-/m1/s1. The molecular weight excluding hydrogens is 234 g/mol. The van der Waals surface area contributed by atoms with Gasteiger partial charge in [0.25, 0.3) is 0 Å². The van der Waals surface area contributed by atoms with Crippen molar-refractivity contribution in [3.63, 3.8) is 0 Å². The van der Waals surface area contributed by atoms with Gasteiger partial charge in [0.1, 0.15) is 0 Å². The van der Waals surface area contributed by atoms with Crippen LogP contribution in [-0.4, -0.2) is 18.4 Å². The first-order chi connectivity index (χ1) is 8.81. The molecule has 0 radical (unpaired) electrons. The van der Waals surface area contributed by atoms with Gasteiger partial charge < -0.3 is 4.90 Å². The second-order valence-electron chi connectivity index (χ2n) is 6.24. The molecule has 1 aromatic carbocycles. The van der Waals surface area contributed by atoms with E-state index in [4.69, 9.17) is 0 Å². The third-order valence-corrected chi connectivity index (χ3v) is 4.17. The lowest BCUT2D eigenvalue weighted by molar-refractivity contribution is -0.112. The van der Waals surface area contributed by atoms with Gasteiger partial charge in [0.05, 0.1) is 0 Å². The fourth-order valence-corrected chi connectivity index (χ4v) is 2.91. The molecule has 2 heteroatoms. The third-order valence-electron chi connectivity index (χ3n) is 4.17. The quantitative estimate of drug-likeness (QED) is 0.746. The van der Waals surface area contributed by atoms with E-state index < -0.39 is 0 Å². The third kappa shape index (κ3) is 2.73. The maximum Gasteiger partial charge on any atom is 0.152 e. The van der Waals surface area contributed by atoms with Crippen LogP contribution >= 0.6 is 0 Å². The van der Waals surface area contributed by atoms with Crippen molar-refractivity contribution in [3.05, 3.63) is 35.4 Å². The van der Waals surface area contributed by atoms with Gasteiger partial charge in [-0.15, -0.1) is 0 Å². The van der Waals surface area contributed by atoms with E-state index in [1.165, 1.54) is 11.3 Å².